The summed E-state index contributed by atoms with van der Waals surface area (Å²) in [6.45, 7) is 11.3. The second-order valence-corrected chi connectivity index (χ2v) is 10.0. The van der Waals surface area contributed by atoms with Crippen LogP contribution >= 0.6 is 11.8 Å². The molecule has 3 heterocycles. The summed E-state index contributed by atoms with van der Waals surface area (Å²) < 4.78 is 5.60. The van der Waals surface area contributed by atoms with Crippen LogP contribution < -0.4 is 15.0 Å². The average molecular weight is 410 g/mol. The third-order valence-corrected chi connectivity index (χ3v) is 8.08. The number of hydrogen-bond acceptors (Lipinski definition) is 5. The van der Waals surface area contributed by atoms with Crippen LogP contribution in [0, 0.1) is 13.8 Å². The minimum atomic E-state index is 0.649. The second-order valence-electron chi connectivity index (χ2n) is 8.94. The van der Waals surface area contributed by atoms with E-state index in [1.165, 1.54) is 50.8 Å². The number of hydrogen-bond donors (Lipinski definition) is 1. The summed E-state index contributed by atoms with van der Waals surface area (Å²) in [5.74, 6) is 0.969. The van der Waals surface area contributed by atoms with Crippen molar-refractivity contribution in [2.24, 2.45) is 0 Å². The molecule has 5 rings (SSSR count). The van der Waals surface area contributed by atoms with Crippen molar-refractivity contribution in [2.45, 2.75) is 68.5 Å². The number of methoxy groups -OCH3 is 1. The molecule has 4 nitrogen and oxygen atoms in total. The van der Waals surface area contributed by atoms with E-state index in [9.17, 15) is 0 Å². The summed E-state index contributed by atoms with van der Waals surface area (Å²) in [5.41, 5.74) is 6.26. The van der Waals surface area contributed by atoms with Gasteiger partial charge in [0.2, 0.25) is 0 Å². The SMILES string of the molecule is COc1cc2c(c(C)c1C)Nc1ccc(N3C[C@H]4CC[C@@H](C3)N4C(C)C)cc1S2. The molecule has 29 heavy (non-hydrogen) atoms. The first-order valence-corrected chi connectivity index (χ1v) is 11.6. The molecule has 154 valence electrons. The van der Waals surface area contributed by atoms with E-state index >= 15 is 0 Å². The van der Waals surface area contributed by atoms with Crippen molar-refractivity contribution in [3.8, 4) is 5.75 Å². The molecule has 2 aromatic rings. The van der Waals surface area contributed by atoms with E-state index in [0.717, 1.165) is 18.8 Å². The van der Waals surface area contributed by atoms with Crippen LogP contribution in [0.4, 0.5) is 17.1 Å². The third kappa shape index (κ3) is 3.10. The number of nitrogens with one attached hydrogen (secondary N) is 1. The Bertz CT molecular complexity index is 944. The average Bonchev–Trinajstić information content (AvgIpc) is 2.99. The first kappa shape index (κ1) is 19.1. The van der Waals surface area contributed by atoms with Crippen LogP contribution in [0.2, 0.25) is 0 Å². The summed E-state index contributed by atoms with van der Waals surface area (Å²) in [6, 6.07) is 11.2. The van der Waals surface area contributed by atoms with Crippen LogP contribution in [0.3, 0.4) is 0 Å². The summed E-state index contributed by atoms with van der Waals surface area (Å²) in [5, 5.41) is 3.68. The lowest BCUT2D eigenvalue weighted by atomic mass is 10.1. The van der Waals surface area contributed by atoms with Gasteiger partial charge in [-0.3, -0.25) is 4.90 Å². The van der Waals surface area contributed by atoms with Gasteiger partial charge in [0.25, 0.3) is 0 Å². The Morgan fingerprint density at radius 1 is 1.03 bits per heavy atom. The number of rotatable bonds is 3. The third-order valence-electron chi connectivity index (χ3n) is 6.98. The Morgan fingerprint density at radius 3 is 2.41 bits per heavy atom. The highest BCUT2D eigenvalue weighted by molar-refractivity contribution is 7.99. The van der Waals surface area contributed by atoms with Crippen LogP contribution in [0.5, 0.6) is 5.75 Å². The zero-order valence-electron chi connectivity index (χ0n) is 18.1. The molecule has 0 saturated carbocycles. The van der Waals surface area contributed by atoms with Crippen molar-refractivity contribution in [1.29, 1.82) is 0 Å². The fraction of sp³-hybridized carbons (Fsp3) is 0.500. The van der Waals surface area contributed by atoms with Gasteiger partial charge in [-0.1, -0.05) is 11.8 Å². The van der Waals surface area contributed by atoms with Crippen molar-refractivity contribution >= 4 is 28.8 Å². The predicted molar refractivity (Wildman–Crippen MR) is 122 cm³/mol. The molecule has 3 aliphatic heterocycles. The summed E-state index contributed by atoms with van der Waals surface area (Å²) >= 11 is 1.86. The summed E-state index contributed by atoms with van der Waals surface area (Å²) in [7, 11) is 1.76. The van der Waals surface area contributed by atoms with Gasteiger partial charge < -0.3 is 15.0 Å². The maximum Gasteiger partial charge on any atom is 0.123 e. The van der Waals surface area contributed by atoms with E-state index in [1.807, 2.05) is 11.8 Å². The van der Waals surface area contributed by atoms with Gasteiger partial charge in [0, 0.05) is 46.7 Å². The molecule has 0 radical (unpaired) electrons. The van der Waals surface area contributed by atoms with E-state index < -0.39 is 0 Å². The first-order chi connectivity index (χ1) is 14.0. The standard InChI is InChI=1S/C24H31N3OS/c1-14(2)27-18-6-7-19(27)13-26(12-18)17-8-9-20-22(10-17)29-23-11-21(28-5)15(3)16(4)24(23)25-20/h8-11,14,18-19,25H,6-7,12-13H2,1-5H3/t18-,19+. The number of nitrogens with zero attached hydrogens (tertiary/aromatic N) is 2. The van der Waals surface area contributed by atoms with Crippen molar-refractivity contribution in [1.82, 2.24) is 4.90 Å². The molecule has 2 bridgehead atoms. The van der Waals surface area contributed by atoms with Gasteiger partial charge in [-0.15, -0.1) is 0 Å². The highest BCUT2D eigenvalue weighted by atomic mass is 32.2. The summed E-state index contributed by atoms with van der Waals surface area (Å²) in [4.78, 5) is 7.91. The zero-order chi connectivity index (χ0) is 20.3. The Hall–Kier alpha value is -1.85. The van der Waals surface area contributed by atoms with Gasteiger partial charge in [-0.05, 0) is 75.9 Å². The first-order valence-electron chi connectivity index (χ1n) is 10.8. The van der Waals surface area contributed by atoms with E-state index in [4.69, 9.17) is 4.74 Å². The van der Waals surface area contributed by atoms with E-state index in [0.29, 0.717) is 18.1 Å². The van der Waals surface area contributed by atoms with Crippen molar-refractivity contribution in [3.05, 3.63) is 35.4 Å². The lowest BCUT2D eigenvalue weighted by Gasteiger charge is -2.44. The van der Waals surface area contributed by atoms with E-state index in [-0.39, 0.29) is 0 Å². The maximum atomic E-state index is 5.60. The molecule has 0 unspecified atom stereocenters. The highest BCUT2D eigenvalue weighted by Gasteiger charge is 2.41. The molecule has 2 fully saturated rings. The van der Waals surface area contributed by atoms with Gasteiger partial charge in [-0.25, -0.2) is 0 Å². The molecule has 1 N–H and O–H groups in total. The van der Waals surface area contributed by atoms with Crippen LogP contribution in [-0.4, -0.2) is 43.2 Å². The number of fused-ring (bicyclic) bond motifs is 4. The van der Waals surface area contributed by atoms with Crippen LogP contribution in [0.15, 0.2) is 34.1 Å². The van der Waals surface area contributed by atoms with Crippen LogP contribution in [-0.2, 0) is 0 Å². The molecule has 2 atom stereocenters. The van der Waals surface area contributed by atoms with Crippen molar-refractivity contribution in [2.75, 3.05) is 30.4 Å². The largest absolute Gasteiger partial charge is 0.496 e. The fourth-order valence-corrected chi connectivity index (χ4v) is 6.56. The molecule has 2 aromatic carbocycles. The molecule has 2 saturated heterocycles. The van der Waals surface area contributed by atoms with Crippen molar-refractivity contribution in [3.63, 3.8) is 0 Å². The molecule has 0 aliphatic carbocycles. The topological polar surface area (TPSA) is 27.7 Å². The van der Waals surface area contributed by atoms with Gasteiger partial charge in [0.05, 0.1) is 18.5 Å². The van der Waals surface area contributed by atoms with Crippen molar-refractivity contribution < 1.29 is 4.74 Å². The van der Waals surface area contributed by atoms with Crippen LogP contribution in [0.25, 0.3) is 0 Å². The molecule has 3 aliphatic rings. The second kappa shape index (κ2) is 7.13. The quantitative estimate of drug-likeness (QED) is 0.609. The Morgan fingerprint density at radius 2 is 1.76 bits per heavy atom. The van der Waals surface area contributed by atoms with E-state index in [1.54, 1.807) is 7.11 Å². The fourth-order valence-electron chi connectivity index (χ4n) is 5.44. The highest BCUT2D eigenvalue weighted by Crippen LogP contribution is 2.49. The Labute approximate surface area is 178 Å². The predicted octanol–water partition coefficient (Wildman–Crippen LogP) is 5.58. The molecule has 0 aromatic heterocycles. The monoisotopic (exact) mass is 409 g/mol. The number of benzene rings is 2. The minimum Gasteiger partial charge on any atom is -0.496 e. The smallest absolute Gasteiger partial charge is 0.123 e. The molecule has 0 spiro atoms. The molecular formula is C24H31N3OS. The Balaban J connectivity index is 1.43. The van der Waals surface area contributed by atoms with Crippen LogP contribution in [0.1, 0.15) is 37.8 Å². The minimum absolute atomic E-state index is 0.649. The van der Waals surface area contributed by atoms with Gasteiger partial charge >= 0.3 is 0 Å². The Kier molecular flexibility index (Phi) is 4.71. The zero-order valence-corrected chi connectivity index (χ0v) is 18.9. The number of piperazine rings is 1. The summed E-state index contributed by atoms with van der Waals surface area (Å²) in [6.07, 6.45) is 2.68. The maximum absolute atomic E-state index is 5.60. The van der Waals surface area contributed by atoms with Gasteiger partial charge in [0.1, 0.15) is 5.75 Å². The lowest BCUT2D eigenvalue weighted by Crippen LogP contribution is -2.56. The number of anilines is 3. The molecule has 5 heteroatoms. The van der Waals surface area contributed by atoms with E-state index in [2.05, 4.69) is 67.1 Å². The van der Waals surface area contributed by atoms with Gasteiger partial charge in [-0.2, -0.15) is 0 Å². The lowest BCUT2D eigenvalue weighted by molar-refractivity contribution is 0.129. The normalized spacial score (nSPS) is 23.0. The number of ether oxygens (including phenoxy) is 1. The van der Waals surface area contributed by atoms with Gasteiger partial charge in [0.15, 0.2) is 0 Å². The molecular weight excluding hydrogens is 378 g/mol. The molecule has 0 amide bonds.